The predicted molar refractivity (Wildman–Crippen MR) is 136 cm³/mol. The Labute approximate surface area is 196 Å². The van der Waals surface area contributed by atoms with Gasteiger partial charge in [0.1, 0.15) is 6.10 Å². The Balaban J connectivity index is 1.59. The van der Waals surface area contributed by atoms with Crippen LogP contribution in [0.25, 0.3) is 16.7 Å². The van der Waals surface area contributed by atoms with Crippen molar-refractivity contribution >= 4 is 11.8 Å². The molecule has 1 aliphatic carbocycles. The van der Waals surface area contributed by atoms with Gasteiger partial charge in [-0.15, -0.1) is 0 Å². The van der Waals surface area contributed by atoms with Crippen molar-refractivity contribution < 1.29 is 9.47 Å². The molecule has 0 aliphatic heterocycles. The third kappa shape index (κ3) is 5.37. The first kappa shape index (κ1) is 22.9. The van der Waals surface area contributed by atoms with Gasteiger partial charge < -0.3 is 0 Å². The van der Waals surface area contributed by atoms with Crippen molar-refractivity contribution in [1.82, 2.24) is 0 Å². The Morgan fingerprint density at radius 1 is 1.00 bits per heavy atom. The minimum Gasteiger partial charge on any atom is -0.288 e. The van der Waals surface area contributed by atoms with Crippen LogP contribution in [0.1, 0.15) is 41.7 Å². The maximum Gasteiger partial charge on any atom is 0.114 e. The van der Waals surface area contributed by atoms with Gasteiger partial charge in [0.2, 0.25) is 0 Å². The molecule has 168 valence electrons. The first-order valence-electron chi connectivity index (χ1n) is 11.5. The van der Waals surface area contributed by atoms with E-state index in [4.69, 9.17) is 0 Å². The monoisotopic (exact) mass is 439 g/mol. The molecule has 0 radical (unpaired) electrons. The topological polar surface area (TPSA) is 21.6 Å². The maximum absolute atomic E-state index is 12.3. The van der Waals surface area contributed by atoms with E-state index >= 15 is 0 Å². The summed E-state index contributed by atoms with van der Waals surface area (Å²) in [6.07, 6.45) is 7.21. The first-order valence-corrected chi connectivity index (χ1v) is 11.5. The van der Waals surface area contributed by atoms with Crippen molar-refractivity contribution in [2.75, 3.05) is 6.54 Å². The van der Waals surface area contributed by atoms with Crippen LogP contribution in [-0.2, 0) is 17.8 Å². The van der Waals surface area contributed by atoms with Crippen molar-refractivity contribution in [1.29, 1.82) is 0 Å². The van der Waals surface area contributed by atoms with Crippen LogP contribution in [0, 0.1) is 6.92 Å². The summed E-state index contributed by atoms with van der Waals surface area (Å²) >= 11 is 0. The molecule has 1 unspecified atom stereocenters. The molecule has 0 spiro atoms. The summed E-state index contributed by atoms with van der Waals surface area (Å²) in [5, 5.41) is 0. The highest BCUT2D eigenvalue weighted by Gasteiger charge is 2.21. The van der Waals surface area contributed by atoms with E-state index in [2.05, 4.69) is 71.5 Å². The lowest BCUT2D eigenvalue weighted by Gasteiger charge is -2.08. The van der Waals surface area contributed by atoms with Crippen LogP contribution in [0.2, 0.25) is 0 Å². The molecule has 0 saturated heterocycles. The largest absolute Gasteiger partial charge is 0.288 e. The van der Waals surface area contributed by atoms with E-state index in [-0.39, 0.29) is 0 Å². The lowest BCUT2D eigenvalue weighted by atomic mass is 9.97. The number of allylic oxidation sites excluding steroid dienone is 2. The Kier molecular flexibility index (Phi) is 7.31. The Hall–Kier alpha value is -3.30. The smallest absolute Gasteiger partial charge is 0.114 e. The van der Waals surface area contributed by atoms with Gasteiger partial charge in [0.05, 0.1) is 6.54 Å². The van der Waals surface area contributed by atoms with E-state index < -0.39 is 6.10 Å². The maximum atomic E-state index is 12.3. The third-order valence-corrected chi connectivity index (χ3v) is 6.21. The Morgan fingerprint density at radius 2 is 1.73 bits per heavy atom. The molecule has 0 aromatic heterocycles. The van der Waals surface area contributed by atoms with E-state index in [1.54, 1.807) is 13.0 Å². The van der Waals surface area contributed by atoms with Crippen LogP contribution >= 0.6 is 0 Å². The summed E-state index contributed by atoms with van der Waals surface area (Å²) in [6.45, 7) is 6.31. The molecule has 1 aliphatic rings. The number of nitrogens with zero attached hydrogens (tertiary/aromatic N) is 1. The molecular formula is C30H30FNO. The molecule has 1 atom stereocenters. The van der Waals surface area contributed by atoms with Crippen LogP contribution in [0.4, 0.5) is 4.53 Å². The quantitative estimate of drug-likeness (QED) is 0.206. The number of aryl methyl sites for hydroxylation is 1. The summed E-state index contributed by atoms with van der Waals surface area (Å²) < 4.78 is 12.3. The number of hydrogen-bond acceptors (Lipinski definition) is 2. The zero-order valence-corrected chi connectivity index (χ0v) is 19.5. The average Bonchev–Trinajstić information content (AvgIpc) is 3.22. The van der Waals surface area contributed by atoms with Crippen molar-refractivity contribution in [3.8, 4) is 11.1 Å². The van der Waals surface area contributed by atoms with Gasteiger partial charge in [-0.2, -0.15) is 4.94 Å². The summed E-state index contributed by atoms with van der Waals surface area (Å²) in [7, 11) is 0. The highest BCUT2D eigenvalue weighted by molar-refractivity contribution is 6.09. The molecule has 2 nitrogen and oxygen atoms in total. The predicted octanol–water partition coefficient (Wildman–Crippen LogP) is 7.50. The summed E-state index contributed by atoms with van der Waals surface area (Å²) in [6, 6.07) is 23.5. The van der Waals surface area contributed by atoms with E-state index in [0.717, 1.165) is 29.6 Å². The van der Waals surface area contributed by atoms with Crippen LogP contribution in [0.5, 0.6) is 0 Å². The SMILES string of the molecule is C/C(=C/C(C)OF)CN=C/C(=C\Cc1cccc2c1Cc1c(C)cccc1-2)c1ccccc1. The lowest BCUT2D eigenvalue weighted by molar-refractivity contribution is -0.155. The fourth-order valence-electron chi connectivity index (χ4n) is 4.52. The van der Waals surface area contributed by atoms with Crippen molar-refractivity contribution in [3.63, 3.8) is 0 Å². The van der Waals surface area contributed by atoms with Crippen LogP contribution < -0.4 is 0 Å². The number of halogens is 1. The fourth-order valence-corrected chi connectivity index (χ4v) is 4.52. The minimum absolute atomic E-state index is 0.507. The standard InChI is InChI=1S/C30H30FNO/c1-21(17-23(3)33-31)19-32-20-26(24-10-5-4-6-11-24)16-15-25-12-8-14-28-27-13-7-9-22(2)29(27)18-30(25)28/h4-14,16-17,20,23H,15,18-19H2,1-3H3/b21-17-,26-16+,32-20?. The molecule has 0 N–H and O–H groups in total. The third-order valence-electron chi connectivity index (χ3n) is 6.21. The number of fused-ring (bicyclic) bond motifs is 3. The molecule has 0 amide bonds. The van der Waals surface area contributed by atoms with Gasteiger partial charge in [0.25, 0.3) is 0 Å². The molecular weight excluding hydrogens is 409 g/mol. The van der Waals surface area contributed by atoms with Gasteiger partial charge in [-0.25, -0.2) is 0 Å². The van der Waals surface area contributed by atoms with Gasteiger partial charge >= 0.3 is 0 Å². The summed E-state index contributed by atoms with van der Waals surface area (Å²) in [5.41, 5.74) is 11.5. The number of rotatable bonds is 8. The van der Waals surface area contributed by atoms with E-state index in [9.17, 15) is 4.53 Å². The van der Waals surface area contributed by atoms with Gasteiger partial charge in [-0.1, -0.05) is 84.5 Å². The number of aliphatic imine (C=N–C) groups is 1. The van der Waals surface area contributed by atoms with Gasteiger partial charge in [0.15, 0.2) is 0 Å². The molecule has 0 fully saturated rings. The first-order chi connectivity index (χ1) is 16.1. The normalized spacial score (nSPS) is 14.4. The average molecular weight is 440 g/mol. The highest BCUT2D eigenvalue weighted by Crippen LogP contribution is 2.40. The van der Waals surface area contributed by atoms with Gasteiger partial charge in [-0.05, 0) is 82.7 Å². The van der Waals surface area contributed by atoms with Crippen LogP contribution in [0.15, 0.2) is 89.4 Å². The van der Waals surface area contributed by atoms with Crippen LogP contribution in [-0.4, -0.2) is 18.9 Å². The second kappa shape index (κ2) is 10.5. The zero-order valence-electron chi connectivity index (χ0n) is 19.5. The fraction of sp³-hybridized carbons (Fsp3) is 0.233. The molecule has 0 saturated carbocycles. The van der Waals surface area contributed by atoms with E-state index in [1.165, 1.54) is 33.4 Å². The molecule has 4 rings (SSSR count). The van der Waals surface area contributed by atoms with E-state index in [0.29, 0.717) is 6.54 Å². The molecule has 3 aromatic carbocycles. The Morgan fingerprint density at radius 3 is 2.48 bits per heavy atom. The van der Waals surface area contributed by atoms with Crippen molar-refractivity contribution in [2.45, 2.75) is 39.7 Å². The number of hydrogen-bond donors (Lipinski definition) is 0. The minimum atomic E-state index is -0.558. The molecule has 3 heteroatoms. The summed E-state index contributed by atoms with van der Waals surface area (Å²) in [5.74, 6) is 0. The molecule has 0 bridgehead atoms. The molecule has 0 heterocycles. The van der Waals surface area contributed by atoms with E-state index in [1.807, 2.05) is 31.3 Å². The van der Waals surface area contributed by atoms with Gasteiger partial charge in [0, 0.05) is 6.21 Å². The van der Waals surface area contributed by atoms with Crippen LogP contribution in [0.3, 0.4) is 0 Å². The Bertz CT molecular complexity index is 1210. The van der Waals surface area contributed by atoms with Crippen molar-refractivity contribution in [2.24, 2.45) is 4.99 Å². The zero-order chi connectivity index (χ0) is 23.2. The highest BCUT2D eigenvalue weighted by atomic mass is 19.3. The molecule has 33 heavy (non-hydrogen) atoms. The lowest BCUT2D eigenvalue weighted by Crippen LogP contribution is -1.99. The summed E-state index contributed by atoms with van der Waals surface area (Å²) in [4.78, 5) is 8.46. The molecule has 3 aromatic rings. The van der Waals surface area contributed by atoms with Crippen molar-refractivity contribution in [3.05, 3.63) is 112 Å². The second-order valence-electron chi connectivity index (χ2n) is 8.73. The van der Waals surface area contributed by atoms with Gasteiger partial charge in [-0.3, -0.25) is 4.99 Å². The second-order valence-corrected chi connectivity index (χ2v) is 8.73. The number of benzene rings is 3.